The molecule has 2 aliphatic carbocycles. The van der Waals surface area contributed by atoms with Gasteiger partial charge in [-0.3, -0.25) is 0 Å². The number of nitrogen functional groups attached to an aromatic ring is 1. The van der Waals surface area contributed by atoms with Crippen LogP contribution in [0.15, 0.2) is 18.3 Å². The average Bonchev–Trinajstić information content (AvgIpc) is 3.09. The van der Waals surface area contributed by atoms with Gasteiger partial charge in [0.1, 0.15) is 0 Å². The van der Waals surface area contributed by atoms with Crippen LogP contribution < -0.4 is 15.4 Å². The van der Waals surface area contributed by atoms with Crippen molar-refractivity contribution in [3.05, 3.63) is 24.0 Å². The highest BCUT2D eigenvalue weighted by Gasteiger charge is 2.56. The van der Waals surface area contributed by atoms with Crippen molar-refractivity contribution < 1.29 is 22.6 Å². The van der Waals surface area contributed by atoms with Crippen LogP contribution in [0.4, 0.5) is 24.9 Å². The number of fused-ring (bicyclic) bond motifs is 2. The highest BCUT2D eigenvalue weighted by Crippen LogP contribution is 2.57. The topological polar surface area (TPSA) is 86.4 Å². The Bertz CT molecular complexity index is 1000. The SMILES string of the molecule is Nc1ncc(-c2cc(C3C4COCC43)nc(N3CC4CC3C4)n2)cc1OC(F)(F)F. The van der Waals surface area contributed by atoms with E-state index in [1.54, 1.807) is 0 Å². The van der Waals surface area contributed by atoms with Crippen molar-refractivity contribution >= 4 is 11.8 Å². The summed E-state index contributed by atoms with van der Waals surface area (Å²) >= 11 is 0. The van der Waals surface area contributed by atoms with Crippen LogP contribution in [-0.4, -0.2) is 47.1 Å². The first kappa shape index (κ1) is 18.2. The maximum atomic E-state index is 12.7. The van der Waals surface area contributed by atoms with Crippen LogP contribution in [0.2, 0.25) is 0 Å². The molecular weight excluding hydrogens is 399 g/mol. The van der Waals surface area contributed by atoms with Gasteiger partial charge in [-0.1, -0.05) is 0 Å². The molecule has 5 heterocycles. The lowest BCUT2D eigenvalue weighted by Crippen LogP contribution is -2.30. The van der Waals surface area contributed by atoms with Crippen molar-refractivity contribution in [1.29, 1.82) is 0 Å². The molecule has 0 aromatic carbocycles. The lowest BCUT2D eigenvalue weighted by atomic mass is 9.86. The van der Waals surface area contributed by atoms with E-state index in [9.17, 15) is 13.2 Å². The first-order valence-electron chi connectivity index (χ1n) is 10.1. The molecule has 10 heteroatoms. The standard InChI is InChI=1S/C20H20F3N5O2/c21-20(22,23)30-16-3-10(5-25-18(16)24)14-4-15(17-12-7-29-8-13(12)17)27-19(26-14)28-6-9-1-11(28)2-9/h3-5,9,11-13,17H,1-2,6-8H2,(H2,24,25). The van der Waals surface area contributed by atoms with Crippen molar-refractivity contribution in [2.24, 2.45) is 17.8 Å². The molecule has 2 unspecified atom stereocenters. The third-order valence-corrected chi connectivity index (χ3v) is 6.79. The van der Waals surface area contributed by atoms with Gasteiger partial charge in [-0.15, -0.1) is 13.2 Å². The molecule has 0 spiro atoms. The number of anilines is 2. The maximum absolute atomic E-state index is 12.7. The van der Waals surface area contributed by atoms with Crippen LogP contribution in [-0.2, 0) is 4.74 Å². The lowest BCUT2D eigenvalue weighted by molar-refractivity contribution is -0.274. The van der Waals surface area contributed by atoms with Gasteiger partial charge in [0.25, 0.3) is 0 Å². The average molecular weight is 419 g/mol. The molecule has 2 saturated carbocycles. The van der Waals surface area contributed by atoms with Crippen LogP contribution in [0.1, 0.15) is 24.5 Å². The number of hydrogen-bond donors (Lipinski definition) is 1. The summed E-state index contributed by atoms with van der Waals surface area (Å²) in [5.74, 6) is 1.71. The van der Waals surface area contributed by atoms with E-state index in [-0.39, 0.29) is 5.82 Å². The monoisotopic (exact) mass is 419 g/mol. The zero-order valence-electron chi connectivity index (χ0n) is 16.0. The zero-order valence-corrected chi connectivity index (χ0v) is 16.0. The summed E-state index contributed by atoms with van der Waals surface area (Å²) in [6.45, 7) is 2.38. The number of ether oxygens (including phenoxy) is 2. The first-order valence-corrected chi connectivity index (χ1v) is 10.1. The molecule has 158 valence electrons. The van der Waals surface area contributed by atoms with Crippen LogP contribution in [0.5, 0.6) is 5.75 Å². The van der Waals surface area contributed by atoms with Crippen molar-refractivity contribution in [2.45, 2.75) is 31.2 Å². The summed E-state index contributed by atoms with van der Waals surface area (Å²) in [5, 5.41) is 0. The van der Waals surface area contributed by atoms with Gasteiger partial charge in [-0.25, -0.2) is 15.0 Å². The van der Waals surface area contributed by atoms with Gasteiger partial charge in [0.15, 0.2) is 11.6 Å². The number of nitrogens with two attached hydrogens (primary N) is 1. The van der Waals surface area contributed by atoms with Crippen LogP contribution >= 0.6 is 0 Å². The third kappa shape index (κ3) is 2.96. The maximum Gasteiger partial charge on any atom is 0.573 e. The number of nitrogens with zero attached hydrogens (tertiary/aromatic N) is 4. The number of hydrogen-bond acceptors (Lipinski definition) is 7. The molecule has 5 fully saturated rings. The van der Waals surface area contributed by atoms with Gasteiger partial charge in [0, 0.05) is 30.3 Å². The van der Waals surface area contributed by atoms with Crippen molar-refractivity contribution in [1.82, 2.24) is 15.0 Å². The van der Waals surface area contributed by atoms with Crippen molar-refractivity contribution in [2.75, 3.05) is 30.4 Å². The number of pyridine rings is 1. The normalized spacial score (nSPS) is 31.4. The van der Waals surface area contributed by atoms with E-state index in [0.717, 1.165) is 38.3 Å². The summed E-state index contributed by atoms with van der Waals surface area (Å²) in [5.41, 5.74) is 7.46. The molecule has 2 atom stereocenters. The second kappa shape index (κ2) is 6.19. The summed E-state index contributed by atoms with van der Waals surface area (Å²) < 4.78 is 47.7. The second-order valence-corrected chi connectivity index (χ2v) is 8.67. The summed E-state index contributed by atoms with van der Waals surface area (Å²) in [7, 11) is 0. The van der Waals surface area contributed by atoms with Crippen LogP contribution in [0.3, 0.4) is 0 Å². The molecule has 2 aromatic heterocycles. The number of alkyl halides is 3. The lowest BCUT2D eigenvalue weighted by Gasteiger charge is -2.26. The predicted octanol–water partition coefficient (Wildman–Crippen LogP) is 2.98. The van der Waals surface area contributed by atoms with Gasteiger partial charge in [0.2, 0.25) is 5.95 Å². The Labute approximate surface area is 170 Å². The Morgan fingerprint density at radius 1 is 1.13 bits per heavy atom. The largest absolute Gasteiger partial charge is 0.573 e. The molecular formula is C20H20F3N5O2. The molecule has 2 bridgehead atoms. The Kier molecular flexibility index (Phi) is 3.75. The first-order chi connectivity index (χ1) is 14.4. The fraction of sp³-hybridized carbons (Fsp3) is 0.550. The molecule has 7 rings (SSSR count). The minimum Gasteiger partial charge on any atom is -0.402 e. The predicted molar refractivity (Wildman–Crippen MR) is 101 cm³/mol. The summed E-state index contributed by atoms with van der Waals surface area (Å²) in [4.78, 5) is 15.7. The van der Waals surface area contributed by atoms with E-state index in [1.807, 2.05) is 6.07 Å². The van der Waals surface area contributed by atoms with E-state index in [4.69, 9.17) is 20.4 Å². The van der Waals surface area contributed by atoms with Gasteiger partial charge >= 0.3 is 6.36 Å². The van der Waals surface area contributed by atoms with Gasteiger partial charge in [-0.05, 0) is 42.7 Å². The highest BCUT2D eigenvalue weighted by atomic mass is 19.4. The minimum atomic E-state index is -4.85. The molecule has 7 nitrogen and oxygen atoms in total. The van der Waals surface area contributed by atoms with Gasteiger partial charge in [0.05, 0.1) is 24.6 Å². The molecule has 3 saturated heterocycles. The molecule has 0 amide bonds. The van der Waals surface area contributed by atoms with Gasteiger partial charge in [-0.2, -0.15) is 0 Å². The van der Waals surface area contributed by atoms with E-state index in [2.05, 4.69) is 14.6 Å². The molecule has 0 radical (unpaired) electrons. The smallest absolute Gasteiger partial charge is 0.402 e. The van der Waals surface area contributed by atoms with E-state index in [0.29, 0.717) is 46.9 Å². The zero-order chi connectivity index (χ0) is 20.6. The Morgan fingerprint density at radius 2 is 1.90 bits per heavy atom. The highest BCUT2D eigenvalue weighted by molar-refractivity contribution is 5.66. The van der Waals surface area contributed by atoms with Crippen molar-refractivity contribution in [3.8, 4) is 17.0 Å². The van der Waals surface area contributed by atoms with E-state index < -0.39 is 12.1 Å². The van der Waals surface area contributed by atoms with E-state index in [1.165, 1.54) is 12.3 Å². The number of rotatable bonds is 4. The quantitative estimate of drug-likeness (QED) is 0.815. The Balaban J connectivity index is 1.40. The van der Waals surface area contributed by atoms with Crippen molar-refractivity contribution in [3.63, 3.8) is 0 Å². The Morgan fingerprint density at radius 3 is 2.57 bits per heavy atom. The van der Waals surface area contributed by atoms with Crippen LogP contribution in [0, 0.1) is 17.8 Å². The molecule has 30 heavy (non-hydrogen) atoms. The number of aromatic nitrogens is 3. The second-order valence-electron chi connectivity index (χ2n) is 8.67. The molecule has 2 N–H and O–H groups in total. The fourth-order valence-corrected chi connectivity index (χ4v) is 5.16. The fourth-order valence-electron chi connectivity index (χ4n) is 5.16. The number of halogens is 3. The molecule has 2 aromatic rings. The van der Waals surface area contributed by atoms with Crippen LogP contribution in [0.25, 0.3) is 11.3 Å². The molecule has 5 aliphatic rings. The Hall–Kier alpha value is -2.62. The summed E-state index contributed by atoms with van der Waals surface area (Å²) in [6.07, 6.45) is -1.12. The summed E-state index contributed by atoms with van der Waals surface area (Å²) in [6, 6.07) is 3.55. The third-order valence-electron chi connectivity index (χ3n) is 6.79. The van der Waals surface area contributed by atoms with Gasteiger partial charge < -0.3 is 20.1 Å². The minimum absolute atomic E-state index is 0.310. The van der Waals surface area contributed by atoms with E-state index >= 15 is 0 Å². The molecule has 3 aliphatic heterocycles.